The van der Waals surface area contributed by atoms with Crippen molar-refractivity contribution < 1.29 is 18.3 Å². The summed E-state index contributed by atoms with van der Waals surface area (Å²) < 4.78 is 34.5. The largest absolute Gasteiger partial charge is 0.463 e. The predicted molar refractivity (Wildman–Crippen MR) is 85.3 cm³/mol. The highest BCUT2D eigenvalue weighted by molar-refractivity contribution is 5.81. The Bertz CT molecular complexity index is 707. The van der Waals surface area contributed by atoms with E-state index in [1.165, 1.54) is 13.1 Å². The average molecular weight is 344 g/mol. The lowest BCUT2D eigenvalue weighted by Crippen LogP contribution is -2.40. The van der Waals surface area contributed by atoms with Crippen LogP contribution in [0.25, 0.3) is 0 Å². The van der Waals surface area contributed by atoms with E-state index in [1.807, 2.05) is 0 Å². The van der Waals surface area contributed by atoms with Gasteiger partial charge in [0.25, 0.3) is 5.56 Å². The standard InChI is InChI=1S/C16H22F2N2O4/c1-4-13(21)24-10-6-7-16(17,18)8-9-19-11-12(3)14(22)20(5-2)15(19)23/h4,11H,1,5-10H2,2-3H3. The molecule has 134 valence electrons. The topological polar surface area (TPSA) is 70.3 Å². The number of nitrogens with zero attached hydrogens (tertiary/aromatic N) is 2. The molecule has 0 atom stereocenters. The van der Waals surface area contributed by atoms with Gasteiger partial charge in [-0.1, -0.05) is 6.58 Å². The molecule has 0 spiro atoms. The molecular weight excluding hydrogens is 322 g/mol. The molecule has 1 aromatic rings. The zero-order valence-electron chi connectivity index (χ0n) is 13.9. The van der Waals surface area contributed by atoms with Gasteiger partial charge in [-0.2, -0.15) is 0 Å². The summed E-state index contributed by atoms with van der Waals surface area (Å²) in [6.07, 6.45) is 1.28. The maximum absolute atomic E-state index is 13.9. The summed E-state index contributed by atoms with van der Waals surface area (Å²) in [5.41, 5.74) is -0.672. The Balaban J connectivity index is 2.66. The first-order valence-corrected chi connectivity index (χ1v) is 7.69. The molecule has 0 fully saturated rings. The first-order valence-electron chi connectivity index (χ1n) is 7.69. The molecule has 0 aliphatic heterocycles. The number of aromatic nitrogens is 2. The number of carbonyl (C=O) groups excluding carboxylic acids is 1. The summed E-state index contributed by atoms with van der Waals surface area (Å²) in [5, 5.41) is 0. The summed E-state index contributed by atoms with van der Waals surface area (Å²) in [6.45, 7) is 6.27. The molecule has 0 amide bonds. The maximum Gasteiger partial charge on any atom is 0.330 e. The number of rotatable bonds is 9. The van der Waals surface area contributed by atoms with Crippen molar-refractivity contribution in [2.75, 3.05) is 6.61 Å². The minimum Gasteiger partial charge on any atom is -0.463 e. The number of esters is 1. The second kappa shape index (κ2) is 8.56. The van der Waals surface area contributed by atoms with Crippen molar-refractivity contribution in [3.05, 3.63) is 45.3 Å². The normalized spacial score (nSPS) is 11.3. The Hall–Kier alpha value is -2.25. The van der Waals surface area contributed by atoms with Gasteiger partial charge in [0.1, 0.15) is 0 Å². The van der Waals surface area contributed by atoms with Crippen LogP contribution in [-0.2, 0) is 22.6 Å². The predicted octanol–water partition coefficient (Wildman–Crippen LogP) is 1.87. The Morgan fingerprint density at radius 2 is 2.04 bits per heavy atom. The first kappa shape index (κ1) is 19.8. The fourth-order valence-electron chi connectivity index (χ4n) is 2.21. The van der Waals surface area contributed by atoms with Crippen molar-refractivity contribution >= 4 is 5.97 Å². The lowest BCUT2D eigenvalue weighted by molar-refractivity contribution is -0.138. The van der Waals surface area contributed by atoms with Gasteiger partial charge >= 0.3 is 11.7 Å². The number of halogens is 2. The summed E-state index contributed by atoms with van der Waals surface area (Å²) in [5.74, 6) is -3.65. The third-order valence-corrected chi connectivity index (χ3v) is 3.54. The van der Waals surface area contributed by atoms with Crippen LogP contribution in [-0.4, -0.2) is 27.6 Å². The molecule has 0 aliphatic carbocycles. The summed E-state index contributed by atoms with van der Waals surface area (Å²) in [6, 6.07) is 0. The van der Waals surface area contributed by atoms with Crippen LogP contribution in [0.4, 0.5) is 8.78 Å². The third kappa shape index (κ3) is 5.43. The van der Waals surface area contributed by atoms with Gasteiger partial charge in [0.15, 0.2) is 0 Å². The number of alkyl halides is 2. The van der Waals surface area contributed by atoms with Gasteiger partial charge in [0, 0.05) is 43.8 Å². The van der Waals surface area contributed by atoms with Crippen LogP contribution in [0, 0.1) is 6.92 Å². The number of ether oxygens (including phenoxy) is 1. The van der Waals surface area contributed by atoms with E-state index in [0.717, 1.165) is 15.2 Å². The van der Waals surface area contributed by atoms with E-state index < -0.39 is 36.0 Å². The molecule has 0 saturated heterocycles. The molecule has 0 N–H and O–H groups in total. The van der Waals surface area contributed by atoms with E-state index in [4.69, 9.17) is 0 Å². The molecule has 0 radical (unpaired) electrons. The maximum atomic E-state index is 13.9. The van der Waals surface area contributed by atoms with Crippen molar-refractivity contribution in [2.24, 2.45) is 0 Å². The fourth-order valence-corrected chi connectivity index (χ4v) is 2.21. The number of hydrogen-bond donors (Lipinski definition) is 0. The molecule has 0 aromatic carbocycles. The summed E-state index contributed by atoms with van der Waals surface area (Å²) >= 11 is 0. The van der Waals surface area contributed by atoms with E-state index in [0.29, 0.717) is 5.56 Å². The minimum atomic E-state index is -3.00. The minimum absolute atomic E-state index is 0.00889. The van der Waals surface area contributed by atoms with Gasteiger partial charge in [-0.25, -0.2) is 18.4 Å². The zero-order valence-corrected chi connectivity index (χ0v) is 13.9. The number of hydrogen-bond acceptors (Lipinski definition) is 4. The monoisotopic (exact) mass is 344 g/mol. The first-order chi connectivity index (χ1) is 11.2. The zero-order chi connectivity index (χ0) is 18.3. The van der Waals surface area contributed by atoms with E-state index in [1.54, 1.807) is 6.92 Å². The lowest BCUT2D eigenvalue weighted by Gasteiger charge is -2.17. The quantitative estimate of drug-likeness (QED) is 0.390. The highest BCUT2D eigenvalue weighted by Gasteiger charge is 2.28. The molecule has 24 heavy (non-hydrogen) atoms. The van der Waals surface area contributed by atoms with Crippen LogP contribution in [0.1, 0.15) is 31.7 Å². The summed E-state index contributed by atoms with van der Waals surface area (Å²) in [4.78, 5) is 34.7. The molecular formula is C16H22F2N2O4. The Morgan fingerprint density at radius 1 is 1.38 bits per heavy atom. The van der Waals surface area contributed by atoms with E-state index in [2.05, 4.69) is 11.3 Å². The van der Waals surface area contributed by atoms with Gasteiger partial charge in [0.05, 0.1) is 6.61 Å². The Labute approximate surface area is 138 Å². The van der Waals surface area contributed by atoms with E-state index in [-0.39, 0.29) is 26.1 Å². The van der Waals surface area contributed by atoms with Crippen LogP contribution in [0.15, 0.2) is 28.4 Å². The van der Waals surface area contributed by atoms with Gasteiger partial charge in [0.2, 0.25) is 5.92 Å². The van der Waals surface area contributed by atoms with Crippen molar-refractivity contribution in [3.8, 4) is 0 Å². The van der Waals surface area contributed by atoms with Crippen LogP contribution < -0.4 is 11.2 Å². The number of carbonyl (C=O) groups is 1. The molecule has 1 rings (SSSR count). The SMILES string of the molecule is C=CC(=O)OCCCC(F)(F)CCn1cc(C)c(=O)n(CC)c1=O. The smallest absolute Gasteiger partial charge is 0.330 e. The van der Waals surface area contributed by atoms with Crippen molar-refractivity contribution in [1.82, 2.24) is 9.13 Å². The van der Waals surface area contributed by atoms with Crippen LogP contribution >= 0.6 is 0 Å². The van der Waals surface area contributed by atoms with Gasteiger partial charge < -0.3 is 4.74 Å². The van der Waals surface area contributed by atoms with E-state index in [9.17, 15) is 23.2 Å². The molecule has 1 aromatic heterocycles. The van der Waals surface area contributed by atoms with Crippen molar-refractivity contribution in [3.63, 3.8) is 0 Å². The van der Waals surface area contributed by atoms with Gasteiger partial charge in [-0.15, -0.1) is 0 Å². The molecule has 6 nitrogen and oxygen atoms in total. The third-order valence-electron chi connectivity index (χ3n) is 3.54. The molecule has 0 saturated carbocycles. The second-order valence-electron chi connectivity index (χ2n) is 5.42. The average Bonchev–Trinajstić information content (AvgIpc) is 2.54. The van der Waals surface area contributed by atoms with Crippen LogP contribution in [0.3, 0.4) is 0 Å². The van der Waals surface area contributed by atoms with E-state index >= 15 is 0 Å². The molecule has 0 unspecified atom stereocenters. The molecule has 0 bridgehead atoms. The van der Waals surface area contributed by atoms with Crippen molar-refractivity contribution in [1.29, 1.82) is 0 Å². The molecule has 1 heterocycles. The molecule has 0 aliphatic rings. The Morgan fingerprint density at radius 3 is 2.62 bits per heavy atom. The summed E-state index contributed by atoms with van der Waals surface area (Å²) in [7, 11) is 0. The lowest BCUT2D eigenvalue weighted by atomic mass is 10.1. The van der Waals surface area contributed by atoms with Crippen LogP contribution in [0.2, 0.25) is 0 Å². The Kier molecular flexibility index (Phi) is 7.06. The second-order valence-corrected chi connectivity index (χ2v) is 5.42. The van der Waals surface area contributed by atoms with Crippen LogP contribution in [0.5, 0.6) is 0 Å². The highest BCUT2D eigenvalue weighted by atomic mass is 19.3. The van der Waals surface area contributed by atoms with Gasteiger partial charge in [-0.05, 0) is 20.3 Å². The molecule has 8 heteroatoms. The van der Waals surface area contributed by atoms with Gasteiger partial charge in [-0.3, -0.25) is 13.9 Å². The number of aryl methyl sites for hydroxylation is 2. The van der Waals surface area contributed by atoms with Crippen molar-refractivity contribution in [2.45, 2.75) is 52.1 Å². The highest BCUT2D eigenvalue weighted by Crippen LogP contribution is 2.25. The fraction of sp³-hybridized carbons (Fsp3) is 0.562.